The number of rotatable bonds is 49. The van der Waals surface area contributed by atoms with Crippen LogP contribution in [0.1, 0.15) is 258 Å². The third-order valence-electron chi connectivity index (χ3n) is 11.7. The minimum Gasteiger partial charge on any atom is -0.462 e. The molecule has 1 unspecified atom stereocenters. The molecule has 0 aromatic heterocycles. The highest BCUT2D eigenvalue weighted by Gasteiger charge is 2.19. The number of esters is 3. The Balaban J connectivity index is 4.46. The van der Waals surface area contributed by atoms with Crippen LogP contribution in [0, 0.1) is 0 Å². The van der Waals surface area contributed by atoms with Crippen LogP contribution >= 0.6 is 0 Å². The van der Waals surface area contributed by atoms with E-state index in [-0.39, 0.29) is 31.6 Å². The number of hydrogen-bond donors (Lipinski definition) is 0. The van der Waals surface area contributed by atoms with E-state index in [9.17, 15) is 14.4 Å². The average molecular weight is 919 g/mol. The summed E-state index contributed by atoms with van der Waals surface area (Å²) in [6.07, 6.45) is 70.2. The Hall–Kier alpha value is -3.41. The van der Waals surface area contributed by atoms with E-state index in [2.05, 4.69) is 93.7 Å². The Morgan fingerprint density at radius 2 is 0.621 bits per heavy atom. The van der Waals surface area contributed by atoms with Crippen LogP contribution < -0.4 is 0 Å². The molecule has 0 bridgehead atoms. The second kappa shape index (κ2) is 54.2. The predicted molar refractivity (Wildman–Crippen MR) is 284 cm³/mol. The summed E-state index contributed by atoms with van der Waals surface area (Å²) in [6.45, 7) is 6.37. The summed E-state index contributed by atoms with van der Waals surface area (Å²) in [5.74, 6) is -0.994. The van der Waals surface area contributed by atoms with Gasteiger partial charge in [-0.1, -0.05) is 247 Å². The first-order chi connectivity index (χ1) is 32.5. The van der Waals surface area contributed by atoms with Crippen LogP contribution in [0.5, 0.6) is 0 Å². The summed E-state index contributed by atoms with van der Waals surface area (Å²) >= 11 is 0. The molecule has 0 aromatic carbocycles. The molecular weight excluding hydrogens is 817 g/mol. The lowest BCUT2D eigenvalue weighted by Gasteiger charge is -2.18. The summed E-state index contributed by atoms with van der Waals surface area (Å²) in [6, 6.07) is 0. The van der Waals surface area contributed by atoms with E-state index in [0.717, 1.165) is 89.9 Å². The number of unbranched alkanes of at least 4 members (excludes halogenated alkanes) is 24. The minimum atomic E-state index is -0.818. The fraction of sp³-hybridized carbons (Fsp3) is 0.717. The molecule has 0 aliphatic rings. The molecule has 0 N–H and O–H groups in total. The van der Waals surface area contributed by atoms with Gasteiger partial charge in [-0.05, 0) is 77.0 Å². The lowest BCUT2D eigenvalue weighted by Crippen LogP contribution is -2.30. The molecule has 0 aliphatic carbocycles. The van der Waals surface area contributed by atoms with Gasteiger partial charge in [0.05, 0.1) is 0 Å². The third-order valence-corrected chi connectivity index (χ3v) is 11.7. The van der Waals surface area contributed by atoms with E-state index in [1.807, 2.05) is 12.2 Å². The van der Waals surface area contributed by atoms with Gasteiger partial charge >= 0.3 is 17.9 Å². The fourth-order valence-electron chi connectivity index (χ4n) is 7.59. The Morgan fingerprint density at radius 3 is 0.985 bits per heavy atom. The zero-order chi connectivity index (χ0) is 47.9. The van der Waals surface area contributed by atoms with Gasteiger partial charge in [0.15, 0.2) is 6.10 Å². The standard InChI is InChI=1S/C60H102O6/c1-4-7-10-13-16-19-22-25-28-30-31-33-35-38-41-44-47-50-53-59(62)65-56-57(55-64-58(61)52-49-46-43-40-37-34-27-24-21-18-15-12-9-6-3)66-60(63)54-51-48-45-42-39-36-32-29-26-23-20-17-14-11-8-5-2/h8-9,11-12,17-18,20-21,26,29,36,39,45,48,57H,4-7,10,13-16,19,22-25,27-28,30-35,37-38,40-44,46-47,49-56H2,1-3H3/b11-8-,12-9-,20-17-,21-18-,29-26-,39-36-,48-45-. The van der Waals surface area contributed by atoms with E-state index in [1.165, 1.54) is 122 Å². The van der Waals surface area contributed by atoms with Crippen molar-refractivity contribution in [3.05, 3.63) is 85.1 Å². The lowest BCUT2D eigenvalue weighted by molar-refractivity contribution is -0.166. The molecule has 0 rings (SSSR count). The molecule has 0 radical (unpaired) electrons. The Bertz CT molecular complexity index is 1290. The fourth-order valence-corrected chi connectivity index (χ4v) is 7.59. The van der Waals surface area contributed by atoms with Crippen molar-refractivity contribution in [1.29, 1.82) is 0 Å². The van der Waals surface area contributed by atoms with Gasteiger partial charge in [0.25, 0.3) is 0 Å². The second-order valence-electron chi connectivity index (χ2n) is 18.1. The van der Waals surface area contributed by atoms with Crippen molar-refractivity contribution in [3.8, 4) is 0 Å². The SMILES string of the molecule is CC/C=C\C/C=C\C/C=C\C/C=C\C/C=C\CCC(=O)OC(COC(=O)CCCCCCCCC/C=C\C/C=C\CC)COC(=O)CCCCCCCCCCCCCCCCCCCC. The first-order valence-corrected chi connectivity index (χ1v) is 27.6. The van der Waals surface area contributed by atoms with Gasteiger partial charge in [0.2, 0.25) is 0 Å². The van der Waals surface area contributed by atoms with Crippen LogP contribution in [-0.4, -0.2) is 37.2 Å². The summed E-state index contributed by atoms with van der Waals surface area (Å²) < 4.78 is 16.8. The van der Waals surface area contributed by atoms with Crippen LogP contribution in [0.2, 0.25) is 0 Å². The molecule has 378 valence electrons. The molecule has 0 spiro atoms. The van der Waals surface area contributed by atoms with Gasteiger partial charge < -0.3 is 14.2 Å². The monoisotopic (exact) mass is 919 g/mol. The minimum absolute atomic E-state index is 0.107. The lowest BCUT2D eigenvalue weighted by atomic mass is 10.0. The number of ether oxygens (including phenoxy) is 3. The first kappa shape index (κ1) is 62.6. The number of carbonyl (C=O) groups is 3. The Kier molecular flexibility index (Phi) is 51.4. The van der Waals surface area contributed by atoms with Crippen LogP contribution in [0.15, 0.2) is 85.1 Å². The van der Waals surface area contributed by atoms with Crippen molar-refractivity contribution >= 4 is 17.9 Å². The highest BCUT2D eigenvalue weighted by atomic mass is 16.6. The normalized spacial score (nSPS) is 12.7. The van der Waals surface area contributed by atoms with E-state index in [0.29, 0.717) is 19.3 Å². The summed E-state index contributed by atoms with van der Waals surface area (Å²) in [5.41, 5.74) is 0. The molecule has 6 heteroatoms. The van der Waals surface area contributed by atoms with E-state index >= 15 is 0 Å². The first-order valence-electron chi connectivity index (χ1n) is 27.6. The molecule has 6 nitrogen and oxygen atoms in total. The number of carbonyl (C=O) groups excluding carboxylic acids is 3. The predicted octanol–water partition coefficient (Wildman–Crippen LogP) is 18.4. The Labute approximate surface area is 407 Å². The van der Waals surface area contributed by atoms with Crippen LogP contribution in [0.3, 0.4) is 0 Å². The van der Waals surface area contributed by atoms with Crippen molar-refractivity contribution in [2.75, 3.05) is 13.2 Å². The number of allylic oxidation sites excluding steroid dienone is 14. The van der Waals surface area contributed by atoms with Crippen molar-refractivity contribution in [2.24, 2.45) is 0 Å². The number of hydrogen-bond acceptors (Lipinski definition) is 6. The molecule has 0 saturated carbocycles. The third kappa shape index (κ3) is 51.6. The van der Waals surface area contributed by atoms with Gasteiger partial charge in [-0.2, -0.15) is 0 Å². The Morgan fingerprint density at radius 1 is 0.318 bits per heavy atom. The highest BCUT2D eigenvalue weighted by Crippen LogP contribution is 2.16. The van der Waals surface area contributed by atoms with Gasteiger partial charge in [-0.25, -0.2) is 0 Å². The highest BCUT2D eigenvalue weighted by molar-refractivity contribution is 5.71. The molecule has 1 atom stereocenters. The maximum absolute atomic E-state index is 12.8. The smallest absolute Gasteiger partial charge is 0.306 e. The quantitative estimate of drug-likeness (QED) is 0.0262. The molecular formula is C60H102O6. The van der Waals surface area contributed by atoms with Crippen molar-refractivity contribution < 1.29 is 28.6 Å². The summed E-state index contributed by atoms with van der Waals surface area (Å²) in [5, 5.41) is 0. The van der Waals surface area contributed by atoms with Crippen LogP contribution in [0.25, 0.3) is 0 Å². The molecule has 0 heterocycles. The van der Waals surface area contributed by atoms with Gasteiger partial charge in [0, 0.05) is 19.3 Å². The topological polar surface area (TPSA) is 78.9 Å². The van der Waals surface area contributed by atoms with E-state index in [4.69, 9.17) is 14.2 Å². The summed E-state index contributed by atoms with van der Waals surface area (Å²) in [7, 11) is 0. The van der Waals surface area contributed by atoms with Gasteiger partial charge in [-0.15, -0.1) is 0 Å². The van der Waals surface area contributed by atoms with Gasteiger partial charge in [-0.3, -0.25) is 14.4 Å². The molecule has 0 amide bonds. The van der Waals surface area contributed by atoms with Crippen molar-refractivity contribution in [1.82, 2.24) is 0 Å². The molecule has 0 aliphatic heterocycles. The van der Waals surface area contributed by atoms with Gasteiger partial charge in [0.1, 0.15) is 13.2 Å². The molecule has 66 heavy (non-hydrogen) atoms. The maximum atomic E-state index is 12.8. The molecule has 0 fully saturated rings. The molecule has 0 saturated heterocycles. The van der Waals surface area contributed by atoms with E-state index in [1.54, 1.807) is 0 Å². The van der Waals surface area contributed by atoms with Crippen molar-refractivity contribution in [3.63, 3.8) is 0 Å². The van der Waals surface area contributed by atoms with E-state index < -0.39 is 12.1 Å². The van der Waals surface area contributed by atoms with Crippen LogP contribution in [-0.2, 0) is 28.6 Å². The molecule has 0 aromatic rings. The van der Waals surface area contributed by atoms with Crippen molar-refractivity contribution in [2.45, 2.75) is 264 Å². The average Bonchev–Trinajstić information content (AvgIpc) is 3.31. The second-order valence-corrected chi connectivity index (χ2v) is 18.1. The zero-order valence-electron chi connectivity index (χ0n) is 43.2. The summed E-state index contributed by atoms with van der Waals surface area (Å²) in [4.78, 5) is 38.0. The van der Waals surface area contributed by atoms with Crippen LogP contribution in [0.4, 0.5) is 0 Å². The largest absolute Gasteiger partial charge is 0.462 e. The zero-order valence-corrected chi connectivity index (χ0v) is 43.2. The maximum Gasteiger partial charge on any atom is 0.306 e.